The van der Waals surface area contributed by atoms with Crippen molar-refractivity contribution in [1.29, 1.82) is 0 Å². The van der Waals surface area contributed by atoms with Gasteiger partial charge in [0.05, 0.1) is 20.5 Å². The minimum Gasteiger partial charge on any atom is -0.493 e. The minimum absolute atomic E-state index is 0.171. The zero-order valence-electron chi connectivity index (χ0n) is 13.0. The highest BCUT2D eigenvalue weighted by Crippen LogP contribution is 2.27. The summed E-state index contributed by atoms with van der Waals surface area (Å²) in [5, 5.41) is 10.8. The molecule has 23 heavy (non-hydrogen) atoms. The molecule has 1 aromatic heterocycles. The average molecular weight is 338 g/mol. The fourth-order valence-electron chi connectivity index (χ4n) is 1.85. The molecule has 0 aliphatic rings. The van der Waals surface area contributed by atoms with Gasteiger partial charge in [0, 0.05) is 6.54 Å². The molecule has 8 nitrogen and oxygen atoms in total. The van der Waals surface area contributed by atoms with Crippen molar-refractivity contribution in [3.8, 4) is 11.5 Å². The van der Waals surface area contributed by atoms with Crippen molar-refractivity contribution in [2.75, 3.05) is 30.5 Å². The number of nitrogens with one attached hydrogen (secondary N) is 2. The van der Waals surface area contributed by atoms with E-state index in [1.54, 1.807) is 20.3 Å². The zero-order valence-corrected chi connectivity index (χ0v) is 13.8. The third-order valence-corrected chi connectivity index (χ3v) is 3.46. The van der Waals surface area contributed by atoms with Crippen LogP contribution in [-0.4, -0.2) is 39.1 Å². The smallest absolute Gasteiger partial charge is 0.231 e. The van der Waals surface area contributed by atoms with Crippen molar-refractivity contribution in [2.24, 2.45) is 0 Å². The van der Waals surface area contributed by atoms with Crippen LogP contribution in [0.4, 0.5) is 11.6 Å². The Labute approximate surface area is 134 Å². The molecule has 0 bridgehead atoms. The van der Waals surface area contributed by atoms with Crippen molar-refractivity contribution in [3.63, 3.8) is 0 Å². The van der Waals surface area contributed by atoms with Crippen LogP contribution >= 0.6 is 0 Å². The molecule has 0 atom stereocenters. The topological polar surface area (TPSA) is 102 Å². The van der Waals surface area contributed by atoms with E-state index in [0.29, 0.717) is 23.9 Å². The predicted octanol–water partition coefficient (Wildman–Crippen LogP) is 1.48. The van der Waals surface area contributed by atoms with Crippen LogP contribution in [0.15, 0.2) is 30.3 Å². The fraction of sp³-hybridized carbons (Fsp3) is 0.286. The van der Waals surface area contributed by atoms with Crippen molar-refractivity contribution in [3.05, 3.63) is 35.9 Å². The van der Waals surface area contributed by atoms with E-state index in [1.165, 1.54) is 6.07 Å². The van der Waals surface area contributed by atoms with Crippen molar-refractivity contribution >= 4 is 21.7 Å². The lowest BCUT2D eigenvalue weighted by atomic mass is 10.2. The molecular weight excluding hydrogens is 320 g/mol. The molecule has 1 aromatic carbocycles. The SMILES string of the molecule is COc1ccc(CNc2ccc(NS(C)(=O)=O)nn2)cc1OC. The number of rotatable bonds is 7. The van der Waals surface area contributed by atoms with Gasteiger partial charge in [-0.15, -0.1) is 10.2 Å². The number of benzene rings is 1. The maximum absolute atomic E-state index is 11.1. The van der Waals surface area contributed by atoms with Gasteiger partial charge in [-0.05, 0) is 29.8 Å². The van der Waals surface area contributed by atoms with Crippen LogP contribution in [0.25, 0.3) is 0 Å². The minimum atomic E-state index is -3.36. The van der Waals surface area contributed by atoms with E-state index >= 15 is 0 Å². The van der Waals surface area contributed by atoms with E-state index in [4.69, 9.17) is 9.47 Å². The molecular formula is C14H18N4O4S. The van der Waals surface area contributed by atoms with E-state index in [0.717, 1.165) is 11.8 Å². The molecule has 2 N–H and O–H groups in total. The highest BCUT2D eigenvalue weighted by atomic mass is 32.2. The Morgan fingerprint density at radius 1 is 1.00 bits per heavy atom. The summed E-state index contributed by atoms with van der Waals surface area (Å²) >= 11 is 0. The molecule has 124 valence electrons. The van der Waals surface area contributed by atoms with Crippen LogP contribution in [-0.2, 0) is 16.6 Å². The summed E-state index contributed by atoms with van der Waals surface area (Å²) in [6, 6.07) is 8.76. The molecule has 0 aliphatic carbocycles. The third kappa shape index (κ3) is 4.99. The van der Waals surface area contributed by atoms with E-state index in [2.05, 4.69) is 20.2 Å². The number of hydrogen-bond acceptors (Lipinski definition) is 7. The highest BCUT2D eigenvalue weighted by molar-refractivity contribution is 7.92. The first kappa shape index (κ1) is 16.8. The number of aromatic nitrogens is 2. The van der Waals surface area contributed by atoms with Gasteiger partial charge in [0.1, 0.15) is 5.82 Å². The van der Waals surface area contributed by atoms with Gasteiger partial charge in [-0.2, -0.15) is 0 Å². The first-order valence-electron chi connectivity index (χ1n) is 6.67. The van der Waals surface area contributed by atoms with Crippen molar-refractivity contribution < 1.29 is 17.9 Å². The van der Waals surface area contributed by atoms with E-state index in [9.17, 15) is 8.42 Å². The molecule has 0 saturated heterocycles. The maximum atomic E-state index is 11.1. The second-order valence-electron chi connectivity index (χ2n) is 4.72. The number of hydrogen-bond donors (Lipinski definition) is 2. The summed E-state index contributed by atoms with van der Waals surface area (Å²) in [6.45, 7) is 0.508. The second-order valence-corrected chi connectivity index (χ2v) is 6.47. The molecule has 9 heteroatoms. The van der Waals surface area contributed by atoms with E-state index in [-0.39, 0.29) is 5.82 Å². The Morgan fingerprint density at radius 3 is 2.22 bits per heavy atom. The van der Waals surface area contributed by atoms with E-state index in [1.807, 2.05) is 18.2 Å². The maximum Gasteiger partial charge on any atom is 0.231 e. The van der Waals surface area contributed by atoms with Gasteiger partial charge in [-0.1, -0.05) is 6.07 Å². The van der Waals surface area contributed by atoms with Gasteiger partial charge in [0.25, 0.3) is 0 Å². The molecule has 0 fully saturated rings. The summed E-state index contributed by atoms with van der Waals surface area (Å²) in [4.78, 5) is 0. The third-order valence-electron chi connectivity index (χ3n) is 2.88. The largest absolute Gasteiger partial charge is 0.493 e. The Hall–Kier alpha value is -2.55. The zero-order chi connectivity index (χ0) is 16.9. The normalized spacial score (nSPS) is 10.9. The second kappa shape index (κ2) is 7.14. The van der Waals surface area contributed by atoms with Crippen LogP contribution in [0.3, 0.4) is 0 Å². The van der Waals surface area contributed by atoms with Crippen LogP contribution in [0, 0.1) is 0 Å². The van der Waals surface area contributed by atoms with Gasteiger partial charge < -0.3 is 14.8 Å². The number of methoxy groups -OCH3 is 2. The number of ether oxygens (including phenoxy) is 2. The van der Waals surface area contributed by atoms with Gasteiger partial charge in [-0.25, -0.2) is 8.42 Å². The van der Waals surface area contributed by atoms with Crippen LogP contribution in [0.1, 0.15) is 5.56 Å². The lowest BCUT2D eigenvalue weighted by molar-refractivity contribution is 0.354. The molecule has 0 saturated carbocycles. The molecule has 2 aromatic rings. The summed E-state index contributed by atoms with van der Waals surface area (Å²) < 4.78 is 34.9. The Bertz CT molecular complexity index is 763. The molecule has 0 amide bonds. The molecule has 1 heterocycles. The summed E-state index contributed by atoms with van der Waals surface area (Å²) in [6.07, 6.45) is 1.05. The lowest BCUT2D eigenvalue weighted by Crippen LogP contribution is -2.11. The Balaban J connectivity index is 2.01. The monoisotopic (exact) mass is 338 g/mol. The van der Waals surface area contributed by atoms with E-state index < -0.39 is 10.0 Å². The fourth-order valence-corrected chi connectivity index (χ4v) is 2.34. The average Bonchev–Trinajstić information content (AvgIpc) is 2.52. The molecule has 0 spiro atoms. The van der Waals surface area contributed by atoms with Gasteiger partial charge in [-0.3, -0.25) is 4.72 Å². The highest BCUT2D eigenvalue weighted by Gasteiger charge is 2.06. The van der Waals surface area contributed by atoms with Gasteiger partial charge in [0.15, 0.2) is 17.3 Å². The number of sulfonamides is 1. The molecule has 0 unspecified atom stereocenters. The quantitative estimate of drug-likeness (QED) is 0.788. The van der Waals surface area contributed by atoms with Crippen molar-refractivity contribution in [2.45, 2.75) is 6.54 Å². The first-order chi connectivity index (χ1) is 10.9. The number of nitrogens with zero attached hydrogens (tertiary/aromatic N) is 2. The van der Waals surface area contributed by atoms with Crippen LogP contribution in [0.2, 0.25) is 0 Å². The predicted molar refractivity (Wildman–Crippen MR) is 87.4 cm³/mol. The Kier molecular flexibility index (Phi) is 5.22. The van der Waals surface area contributed by atoms with Crippen LogP contribution < -0.4 is 19.5 Å². The Morgan fingerprint density at radius 2 is 1.65 bits per heavy atom. The molecule has 0 radical (unpaired) electrons. The number of anilines is 2. The summed E-state index contributed by atoms with van der Waals surface area (Å²) in [7, 11) is -0.200. The lowest BCUT2D eigenvalue weighted by Gasteiger charge is -2.10. The summed E-state index contributed by atoms with van der Waals surface area (Å²) in [5.41, 5.74) is 0.975. The van der Waals surface area contributed by atoms with Gasteiger partial charge in [0.2, 0.25) is 10.0 Å². The van der Waals surface area contributed by atoms with Crippen molar-refractivity contribution in [1.82, 2.24) is 10.2 Å². The van der Waals surface area contributed by atoms with Gasteiger partial charge >= 0.3 is 0 Å². The molecule has 2 rings (SSSR count). The molecule has 0 aliphatic heterocycles. The van der Waals surface area contributed by atoms with Crippen LogP contribution in [0.5, 0.6) is 11.5 Å². The summed E-state index contributed by atoms with van der Waals surface area (Å²) in [5.74, 6) is 2.00. The standard InChI is InChI=1S/C14H18N4O4S/c1-21-11-5-4-10(8-12(11)22-2)9-15-13-6-7-14(17-16-13)18-23(3,19)20/h4-8H,9H2,1-3H3,(H,15,16)(H,17,18). The first-order valence-corrected chi connectivity index (χ1v) is 8.56.